The zero-order chi connectivity index (χ0) is 43.8. The second-order valence-electron chi connectivity index (χ2n) is 17.2. The lowest BCUT2D eigenvalue weighted by Crippen LogP contribution is -2.46. The standard InChI is InChI=1S/C54H97NO5/c1-4-7-10-13-16-19-22-25-26-27-29-31-34-37-40-43-46-52(57)51(49-56)55-53(58)48-50(45-42-39-36-33-30-24-21-18-15-12-9-6-3)60-54(59)47-44-41-38-35-32-28-23-20-17-14-11-8-5-2/h9,12,18,21,28,30,32-33,38,41,50-52,56-57H,4-8,10-11,13-17,19-20,22-27,29,31,34-37,39-40,42-49H2,1-3H3,(H,55,58)/b12-9+,21-18+,32-28-,33-30+,41-38+. The average Bonchev–Trinajstić information content (AvgIpc) is 3.24. The Morgan fingerprint density at radius 2 is 0.900 bits per heavy atom. The van der Waals surface area contributed by atoms with Crippen LogP contribution in [0.5, 0.6) is 0 Å². The van der Waals surface area contributed by atoms with Gasteiger partial charge in [0.25, 0.3) is 0 Å². The third-order valence-electron chi connectivity index (χ3n) is 11.3. The first-order valence-electron chi connectivity index (χ1n) is 25.5. The molecule has 6 heteroatoms. The van der Waals surface area contributed by atoms with Crippen LogP contribution in [0.1, 0.15) is 245 Å². The van der Waals surface area contributed by atoms with Crippen molar-refractivity contribution in [3.63, 3.8) is 0 Å². The van der Waals surface area contributed by atoms with Gasteiger partial charge in [-0.3, -0.25) is 9.59 Å². The minimum absolute atomic E-state index is 0.0281. The van der Waals surface area contributed by atoms with E-state index in [1.807, 2.05) is 6.08 Å². The van der Waals surface area contributed by atoms with Gasteiger partial charge in [-0.1, -0.05) is 216 Å². The molecule has 0 aromatic heterocycles. The van der Waals surface area contributed by atoms with Crippen LogP contribution >= 0.6 is 0 Å². The number of hydrogen-bond donors (Lipinski definition) is 3. The highest BCUT2D eigenvalue weighted by molar-refractivity contribution is 5.77. The lowest BCUT2D eigenvalue weighted by atomic mass is 10.0. The number of ether oxygens (including phenoxy) is 1. The molecular weight excluding hydrogens is 743 g/mol. The number of carbonyl (C=O) groups excluding carboxylic acids is 2. The number of aliphatic hydroxyl groups is 2. The van der Waals surface area contributed by atoms with Gasteiger partial charge in [0.1, 0.15) is 6.10 Å². The van der Waals surface area contributed by atoms with Crippen molar-refractivity contribution in [3.05, 3.63) is 60.8 Å². The van der Waals surface area contributed by atoms with Gasteiger partial charge in [-0.25, -0.2) is 0 Å². The molecule has 60 heavy (non-hydrogen) atoms. The van der Waals surface area contributed by atoms with Gasteiger partial charge in [-0.2, -0.15) is 0 Å². The van der Waals surface area contributed by atoms with Crippen molar-refractivity contribution in [3.8, 4) is 0 Å². The molecule has 0 fully saturated rings. The molecule has 6 nitrogen and oxygen atoms in total. The van der Waals surface area contributed by atoms with Crippen LogP contribution in [0.25, 0.3) is 0 Å². The lowest BCUT2D eigenvalue weighted by molar-refractivity contribution is -0.150. The average molecular weight is 840 g/mol. The maximum atomic E-state index is 13.2. The Morgan fingerprint density at radius 1 is 0.500 bits per heavy atom. The number of rotatable bonds is 45. The number of allylic oxidation sites excluding steroid dienone is 10. The van der Waals surface area contributed by atoms with Gasteiger partial charge in [0.05, 0.1) is 25.2 Å². The fourth-order valence-electron chi connectivity index (χ4n) is 7.50. The summed E-state index contributed by atoms with van der Waals surface area (Å²) >= 11 is 0. The second kappa shape index (κ2) is 47.6. The normalized spacial score (nSPS) is 13.8. The zero-order valence-corrected chi connectivity index (χ0v) is 39.6. The predicted molar refractivity (Wildman–Crippen MR) is 259 cm³/mol. The van der Waals surface area contributed by atoms with Crippen LogP contribution in [0.4, 0.5) is 0 Å². The van der Waals surface area contributed by atoms with Gasteiger partial charge < -0.3 is 20.3 Å². The number of amides is 1. The number of esters is 1. The van der Waals surface area contributed by atoms with Crippen molar-refractivity contribution >= 4 is 11.9 Å². The topological polar surface area (TPSA) is 95.9 Å². The summed E-state index contributed by atoms with van der Waals surface area (Å²) in [4.78, 5) is 26.0. The summed E-state index contributed by atoms with van der Waals surface area (Å²) in [6, 6.07) is -0.725. The SMILES string of the molecule is CC/C=C/C/C=C/C/C=C/CCCCC(CC(=O)NC(CO)C(O)CCCCCCCCCCCCCCCCCC)OC(=O)CC/C=C/C/C=C\CCCCCCCC. The molecule has 0 heterocycles. The van der Waals surface area contributed by atoms with E-state index in [1.165, 1.54) is 122 Å². The van der Waals surface area contributed by atoms with Gasteiger partial charge in [0, 0.05) is 6.42 Å². The summed E-state index contributed by atoms with van der Waals surface area (Å²) in [6.07, 6.45) is 58.7. The maximum absolute atomic E-state index is 13.2. The third-order valence-corrected chi connectivity index (χ3v) is 11.3. The van der Waals surface area contributed by atoms with E-state index in [0.717, 1.165) is 70.6 Å². The molecule has 0 spiro atoms. The van der Waals surface area contributed by atoms with Gasteiger partial charge in [0.15, 0.2) is 0 Å². The van der Waals surface area contributed by atoms with E-state index in [9.17, 15) is 19.8 Å². The summed E-state index contributed by atoms with van der Waals surface area (Å²) in [7, 11) is 0. The lowest BCUT2D eigenvalue weighted by Gasteiger charge is -2.24. The molecule has 0 aromatic carbocycles. The molecule has 348 valence electrons. The molecule has 3 N–H and O–H groups in total. The van der Waals surface area contributed by atoms with Crippen LogP contribution in [-0.4, -0.2) is 46.9 Å². The number of carbonyl (C=O) groups is 2. The minimum Gasteiger partial charge on any atom is -0.462 e. The summed E-state index contributed by atoms with van der Waals surface area (Å²) < 4.78 is 5.86. The third kappa shape index (κ3) is 42.3. The van der Waals surface area contributed by atoms with Gasteiger partial charge >= 0.3 is 5.97 Å². The van der Waals surface area contributed by atoms with Crippen LogP contribution in [0.15, 0.2) is 60.8 Å². The fourth-order valence-corrected chi connectivity index (χ4v) is 7.50. The summed E-state index contributed by atoms with van der Waals surface area (Å²) in [5.74, 6) is -0.593. The largest absolute Gasteiger partial charge is 0.462 e. The van der Waals surface area contributed by atoms with Crippen molar-refractivity contribution in [2.75, 3.05) is 6.61 Å². The van der Waals surface area contributed by atoms with Crippen molar-refractivity contribution in [1.29, 1.82) is 0 Å². The van der Waals surface area contributed by atoms with E-state index in [4.69, 9.17) is 4.74 Å². The van der Waals surface area contributed by atoms with Gasteiger partial charge in [-0.05, 0) is 77.0 Å². The molecule has 3 unspecified atom stereocenters. The molecule has 0 bridgehead atoms. The summed E-state index contributed by atoms with van der Waals surface area (Å²) in [5, 5.41) is 23.7. The Labute approximate surface area is 371 Å². The molecule has 0 radical (unpaired) electrons. The summed E-state index contributed by atoms with van der Waals surface area (Å²) in [6.45, 7) is 6.34. The maximum Gasteiger partial charge on any atom is 0.306 e. The van der Waals surface area contributed by atoms with Crippen LogP contribution in [-0.2, 0) is 14.3 Å². The molecule has 1 amide bonds. The van der Waals surface area contributed by atoms with E-state index in [1.54, 1.807) is 0 Å². The highest BCUT2D eigenvalue weighted by atomic mass is 16.5. The highest BCUT2D eigenvalue weighted by Crippen LogP contribution is 2.17. The zero-order valence-electron chi connectivity index (χ0n) is 39.6. The first-order chi connectivity index (χ1) is 29.5. The fraction of sp³-hybridized carbons (Fsp3) is 0.778. The van der Waals surface area contributed by atoms with Crippen molar-refractivity contribution in [2.45, 2.75) is 264 Å². The van der Waals surface area contributed by atoms with Crippen molar-refractivity contribution < 1.29 is 24.5 Å². The van der Waals surface area contributed by atoms with E-state index in [-0.39, 0.29) is 31.3 Å². The molecule has 0 aliphatic rings. The second-order valence-corrected chi connectivity index (χ2v) is 17.2. The predicted octanol–water partition coefficient (Wildman–Crippen LogP) is 15.2. The minimum atomic E-state index is -0.807. The first-order valence-corrected chi connectivity index (χ1v) is 25.5. The molecular formula is C54H97NO5. The van der Waals surface area contributed by atoms with Crippen molar-refractivity contribution in [2.24, 2.45) is 0 Å². The van der Waals surface area contributed by atoms with Crippen LogP contribution < -0.4 is 5.32 Å². The molecule has 0 rings (SSSR count). The highest BCUT2D eigenvalue weighted by Gasteiger charge is 2.24. The molecule has 0 saturated heterocycles. The van der Waals surface area contributed by atoms with Gasteiger partial charge in [-0.15, -0.1) is 0 Å². The van der Waals surface area contributed by atoms with Crippen LogP contribution in [0, 0.1) is 0 Å². The monoisotopic (exact) mass is 840 g/mol. The molecule has 3 atom stereocenters. The first kappa shape index (κ1) is 57.6. The van der Waals surface area contributed by atoms with Crippen LogP contribution in [0.2, 0.25) is 0 Å². The number of aliphatic hydroxyl groups excluding tert-OH is 2. The van der Waals surface area contributed by atoms with E-state index < -0.39 is 18.2 Å². The summed E-state index contributed by atoms with van der Waals surface area (Å²) in [5.41, 5.74) is 0. The Morgan fingerprint density at radius 3 is 1.38 bits per heavy atom. The quantitative estimate of drug-likeness (QED) is 0.0322. The Bertz CT molecular complexity index is 1080. The Kier molecular flexibility index (Phi) is 45.7. The Hall–Kier alpha value is -2.44. The molecule has 0 aliphatic carbocycles. The Balaban J connectivity index is 4.62. The van der Waals surface area contributed by atoms with Gasteiger partial charge in [0.2, 0.25) is 5.91 Å². The molecule has 0 aromatic rings. The van der Waals surface area contributed by atoms with E-state index >= 15 is 0 Å². The van der Waals surface area contributed by atoms with Crippen LogP contribution in [0.3, 0.4) is 0 Å². The molecule has 0 aliphatic heterocycles. The number of nitrogens with one attached hydrogen (secondary N) is 1. The molecule has 0 saturated carbocycles. The van der Waals surface area contributed by atoms with E-state index in [0.29, 0.717) is 19.3 Å². The smallest absolute Gasteiger partial charge is 0.306 e. The number of hydrogen-bond acceptors (Lipinski definition) is 5. The number of unbranched alkanes of at least 4 members (excludes halogenated alkanes) is 23. The van der Waals surface area contributed by atoms with E-state index in [2.05, 4.69) is 80.8 Å². The van der Waals surface area contributed by atoms with Crippen molar-refractivity contribution in [1.82, 2.24) is 5.32 Å².